The Morgan fingerprint density at radius 2 is 0.955 bits per heavy atom. The maximum Gasteiger partial charge on any atom is 2.00 e. The van der Waals surface area contributed by atoms with Crippen LogP contribution in [0.5, 0.6) is 11.5 Å². The molecule has 0 amide bonds. The predicted octanol–water partition coefficient (Wildman–Crippen LogP) is 8.08. The van der Waals surface area contributed by atoms with E-state index < -0.39 is 0 Å². The quantitative estimate of drug-likeness (QED) is 0.132. The Kier molecular flexibility index (Phi) is 5.31. The van der Waals surface area contributed by atoms with Crippen molar-refractivity contribution in [3.63, 3.8) is 0 Å². The molecule has 208 valence electrons. The summed E-state index contributed by atoms with van der Waals surface area (Å²) in [5.74, 6) is 1.13. The van der Waals surface area contributed by atoms with Crippen molar-refractivity contribution in [3.8, 4) is 11.5 Å². The van der Waals surface area contributed by atoms with Crippen LogP contribution in [-0.2, 0) is 21.1 Å². The van der Waals surface area contributed by atoms with E-state index in [1.54, 1.807) is 0 Å². The van der Waals surface area contributed by atoms with Crippen LogP contribution in [0.4, 0.5) is 0 Å². The number of aromatic nitrogens is 6. The molecule has 0 fully saturated rings. The van der Waals surface area contributed by atoms with Crippen LogP contribution in [-0.4, -0.2) is 28.7 Å². The predicted molar refractivity (Wildman–Crippen MR) is 169 cm³/mol. The van der Waals surface area contributed by atoms with E-state index in [9.17, 15) is 0 Å². The maximum absolute atomic E-state index is 6.44. The molecule has 0 bridgehead atoms. The van der Waals surface area contributed by atoms with Crippen molar-refractivity contribution in [2.75, 3.05) is 0 Å². The second-order valence-corrected chi connectivity index (χ2v) is 10.6. The largest absolute Gasteiger partial charge is 2.00 e. The molecule has 0 aliphatic carbocycles. The first-order valence-electron chi connectivity index (χ1n) is 14.0. The molecule has 0 aliphatic heterocycles. The minimum absolute atomic E-state index is 0. The summed E-state index contributed by atoms with van der Waals surface area (Å²) >= 11 is 0. The number of pyridine rings is 4. The molecule has 8 heteroatoms. The van der Waals surface area contributed by atoms with Gasteiger partial charge in [0.25, 0.3) is 0 Å². The molecule has 6 aromatic heterocycles. The Bertz CT molecular complexity index is 2590. The van der Waals surface area contributed by atoms with E-state index in [2.05, 4.69) is 45.2 Å². The molecule has 44 heavy (non-hydrogen) atoms. The summed E-state index contributed by atoms with van der Waals surface area (Å²) in [7, 11) is 0. The van der Waals surface area contributed by atoms with Gasteiger partial charge in [-0.3, -0.25) is 19.9 Å². The summed E-state index contributed by atoms with van der Waals surface area (Å²) in [5.41, 5.74) is 9.29. The first-order valence-corrected chi connectivity index (χ1v) is 14.0. The van der Waals surface area contributed by atoms with Gasteiger partial charge in [-0.25, -0.2) is 0 Å². The molecule has 10 rings (SSSR count). The summed E-state index contributed by atoms with van der Waals surface area (Å²) in [6.07, 6.45) is 3.64. The minimum Gasteiger partial charge on any atom is -0.497 e. The summed E-state index contributed by atoms with van der Waals surface area (Å²) in [5, 5.41) is 3.63. The van der Waals surface area contributed by atoms with E-state index in [-0.39, 0.29) is 21.1 Å². The molecule has 0 atom stereocenters. The van der Waals surface area contributed by atoms with Crippen LogP contribution >= 0.6 is 0 Å². The Hall–Kier alpha value is -5.39. The monoisotopic (exact) mass is 745 g/mol. The van der Waals surface area contributed by atoms with Gasteiger partial charge in [0, 0.05) is 23.9 Å². The van der Waals surface area contributed by atoms with Crippen molar-refractivity contribution in [2.24, 2.45) is 0 Å². The molecule has 7 nitrogen and oxygen atoms in total. The van der Waals surface area contributed by atoms with Crippen molar-refractivity contribution in [3.05, 3.63) is 122 Å². The van der Waals surface area contributed by atoms with Gasteiger partial charge in [0.1, 0.15) is 0 Å². The third-order valence-corrected chi connectivity index (χ3v) is 8.19. The molecule has 0 aliphatic rings. The smallest absolute Gasteiger partial charge is 0.497 e. The average Bonchev–Trinajstić information content (AvgIpc) is 3.65. The van der Waals surface area contributed by atoms with Crippen LogP contribution in [0.1, 0.15) is 0 Å². The zero-order valence-electron chi connectivity index (χ0n) is 22.8. The number of nitrogens with zero attached hydrogens (tertiary/aromatic N) is 6. The molecule has 6 heterocycles. The molecule has 10 aromatic rings. The number of rotatable bonds is 2. The molecule has 4 aromatic carbocycles. The standard InChI is InChI=1S/C36H18N6O.Pt/c1-3-9-29-27(7-1)39-35-25-19-21(13-15-23(25)33-31(41(29)35)11-5-17-37-33)43-22-14-16-24-26(20-22)36-40-28-8-2-4-10-30(28)42(36)32-12-6-18-38-34(24)32;/h1-18H;/q-2;+2. The molecular formula is C36H18N6OPt. The second-order valence-electron chi connectivity index (χ2n) is 10.6. The van der Waals surface area contributed by atoms with Gasteiger partial charge in [0.05, 0.1) is 55.4 Å². The van der Waals surface area contributed by atoms with E-state index in [1.165, 1.54) is 0 Å². The maximum atomic E-state index is 6.44. The van der Waals surface area contributed by atoms with Crippen molar-refractivity contribution in [1.82, 2.24) is 28.7 Å². The fourth-order valence-corrected chi connectivity index (χ4v) is 6.38. The third-order valence-electron chi connectivity index (χ3n) is 8.19. The summed E-state index contributed by atoms with van der Waals surface area (Å²) in [4.78, 5) is 19.4. The SMILES string of the molecule is [Pt+2].[c-]1c(Oc2[c-]c3c(cc2)c2ncccc2n2c4ccccc4nc32)ccc2c1c1nc3ccccc3n1c1cccnc21. The van der Waals surface area contributed by atoms with Crippen molar-refractivity contribution >= 4 is 77.0 Å². The van der Waals surface area contributed by atoms with E-state index in [0.717, 1.165) is 77.0 Å². The van der Waals surface area contributed by atoms with Crippen LogP contribution in [0, 0.1) is 12.1 Å². The molecule has 0 saturated carbocycles. The van der Waals surface area contributed by atoms with Crippen LogP contribution < -0.4 is 4.74 Å². The van der Waals surface area contributed by atoms with Crippen molar-refractivity contribution < 1.29 is 25.8 Å². The van der Waals surface area contributed by atoms with Gasteiger partial charge in [0.15, 0.2) is 0 Å². The van der Waals surface area contributed by atoms with Gasteiger partial charge in [-0.1, -0.05) is 70.1 Å². The van der Waals surface area contributed by atoms with Gasteiger partial charge in [-0.2, -0.15) is 0 Å². The zero-order chi connectivity index (χ0) is 28.1. The van der Waals surface area contributed by atoms with E-state index in [4.69, 9.17) is 24.7 Å². The molecular weight excluding hydrogens is 728 g/mol. The molecule has 0 N–H and O–H groups in total. The molecule has 0 unspecified atom stereocenters. The normalized spacial score (nSPS) is 11.9. The Labute approximate surface area is 263 Å². The minimum atomic E-state index is 0. The van der Waals surface area contributed by atoms with Crippen LogP contribution in [0.15, 0.2) is 109 Å². The van der Waals surface area contributed by atoms with Gasteiger partial charge in [0.2, 0.25) is 0 Å². The molecule has 0 radical (unpaired) electrons. The van der Waals surface area contributed by atoms with Crippen LogP contribution in [0.3, 0.4) is 0 Å². The van der Waals surface area contributed by atoms with Crippen LogP contribution in [0.2, 0.25) is 0 Å². The molecule has 0 saturated heterocycles. The number of imidazole rings is 2. The summed E-state index contributed by atoms with van der Waals surface area (Å²) < 4.78 is 10.7. The first-order chi connectivity index (χ1) is 21.3. The summed E-state index contributed by atoms with van der Waals surface area (Å²) in [6.45, 7) is 0. The van der Waals surface area contributed by atoms with Gasteiger partial charge < -0.3 is 13.5 Å². The third kappa shape index (κ3) is 3.41. The second kappa shape index (κ2) is 9.30. The van der Waals surface area contributed by atoms with E-state index in [1.807, 2.05) is 85.2 Å². The number of benzene rings is 4. The first kappa shape index (κ1) is 25.1. The topological polar surface area (TPSA) is 69.6 Å². The Morgan fingerprint density at radius 3 is 1.45 bits per heavy atom. The van der Waals surface area contributed by atoms with E-state index in [0.29, 0.717) is 11.5 Å². The fourth-order valence-electron chi connectivity index (χ4n) is 6.38. The number of hydrogen-bond acceptors (Lipinski definition) is 5. The fraction of sp³-hybridized carbons (Fsp3) is 0. The number of hydrogen-bond donors (Lipinski definition) is 0. The van der Waals surface area contributed by atoms with Crippen molar-refractivity contribution in [2.45, 2.75) is 0 Å². The van der Waals surface area contributed by atoms with Gasteiger partial charge in [-0.05, 0) is 48.5 Å². The Balaban J connectivity index is 0.00000270. The summed E-state index contributed by atoms with van der Waals surface area (Å²) in [6, 6.07) is 39.3. The molecule has 0 spiro atoms. The van der Waals surface area contributed by atoms with Gasteiger partial charge in [-0.15, -0.1) is 12.1 Å². The zero-order valence-corrected chi connectivity index (χ0v) is 25.1. The van der Waals surface area contributed by atoms with E-state index >= 15 is 0 Å². The van der Waals surface area contributed by atoms with Crippen LogP contribution in [0.25, 0.3) is 77.0 Å². The number of ether oxygens (including phenoxy) is 1. The van der Waals surface area contributed by atoms with Gasteiger partial charge >= 0.3 is 21.1 Å². The average molecular weight is 746 g/mol. The Morgan fingerprint density at radius 1 is 0.500 bits per heavy atom. The number of para-hydroxylation sites is 4. The van der Waals surface area contributed by atoms with Crippen molar-refractivity contribution in [1.29, 1.82) is 0 Å². The number of fused-ring (bicyclic) bond motifs is 16.